The second-order valence-corrected chi connectivity index (χ2v) is 6.66. The Morgan fingerprint density at radius 2 is 2.14 bits per heavy atom. The molecule has 1 aliphatic heterocycles. The van der Waals surface area contributed by atoms with E-state index in [2.05, 4.69) is 5.32 Å². The second-order valence-electron chi connectivity index (χ2n) is 5.11. The summed E-state index contributed by atoms with van der Waals surface area (Å²) in [4.78, 5) is 25.0. The SMILES string of the molecule is CCCN(C(=O)NCCCS(C)=O)C1COCC1C(=O)O. The highest BCUT2D eigenvalue weighted by Gasteiger charge is 2.39. The average molecular weight is 320 g/mol. The number of rotatable bonds is 8. The van der Waals surface area contributed by atoms with Crippen LogP contribution in [0.2, 0.25) is 0 Å². The molecule has 2 N–H and O–H groups in total. The minimum Gasteiger partial charge on any atom is -0.481 e. The Labute approximate surface area is 127 Å². The quantitative estimate of drug-likeness (QED) is 0.626. The van der Waals surface area contributed by atoms with Crippen molar-refractivity contribution < 1.29 is 23.6 Å². The number of hydrogen-bond donors (Lipinski definition) is 2. The number of carbonyl (C=O) groups is 2. The van der Waals surface area contributed by atoms with E-state index >= 15 is 0 Å². The third-order valence-corrected chi connectivity index (χ3v) is 4.24. The largest absolute Gasteiger partial charge is 0.481 e. The van der Waals surface area contributed by atoms with E-state index in [0.29, 0.717) is 25.3 Å². The van der Waals surface area contributed by atoms with Crippen molar-refractivity contribution in [2.45, 2.75) is 25.8 Å². The molecule has 0 aromatic heterocycles. The molecule has 7 nitrogen and oxygen atoms in total. The molecular formula is C13H24N2O5S. The number of hydrogen-bond acceptors (Lipinski definition) is 4. The van der Waals surface area contributed by atoms with Crippen molar-refractivity contribution in [3.8, 4) is 0 Å². The lowest BCUT2D eigenvalue weighted by atomic mass is 10.0. The first-order chi connectivity index (χ1) is 9.97. The molecule has 1 heterocycles. The summed E-state index contributed by atoms with van der Waals surface area (Å²) in [5.41, 5.74) is 0. The van der Waals surface area contributed by atoms with Gasteiger partial charge in [-0.05, 0) is 12.8 Å². The van der Waals surface area contributed by atoms with Gasteiger partial charge in [-0.1, -0.05) is 6.92 Å². The monoisotopic (exact) mass is 320 g/mol. The summed E-state index contributed by atoms with van der Waals surface area (Å²) in [6.45, 7) is 3.26. The van der Waals surface area contributed by atoms with Crippen LogP contribution in [0.5, 0.6) is 0 Å². The van der Waals surface area contributed by atoms with E-state index in [9.17, 15) is 18.9 Å². The minimum absolute atomic E-state index is 0.141. The van der Waals surface area contributed by atoms with Gasteiger partial charge in [0.15, 0.2) is 0 Å². The van der Waals surface area contributed by atoms with Crippen LogP contribution in [-0.2, 0) is 20.3 Å². The summed E-state index contributed by atoms with van der Waals surface area (Å²) in [7, 11) is -0.871. The van der Waals surface area contributed by atoms with Gasteiger partial charge in [0, 0.05) is 35.9 Å². The van der Waals surface area contributed by atoms with Gasteiger partial charge in [-0.15, -0.1) is 0 Å². The van der Waals surface area contributed by atoms with Gasteiger partial charge >= 0.3 is 12.0 Å². The van der Waals surface area contributed by atoms with Crippen molar-refractivity contribution in [1.29, 1.82) is 0 Å². The third-order valence-electron chi connectivity index (χ3n) is 3.38. The summed E-state index contributed by atoms with van der Waals surface area (Å²) in [6.07, 6.45) is 3.01. The van der Waals surface area contributed by atoms with E-state index in [1.807, 2.05) is 6.92 Å². The number of ether oxygens (including phenoxy) is 1. The molecule has 0 saturated carbocycles. The molecule has 1 rings (SSSR count). The zero-order chi connectivity index (χ0) is 15.8. The molecule has 1 fully saturated rings. The number of carbonyl (C=O) groups excluding carboxylic acids is 1. The minimum atomic E-state index is -0.937. The lowest BCUT2D eigenvalue weighted by Crippen LogP contribution is -2.51. The van der Waals surface area contributed by atoms with Gasteiger partial charge in [0.05, 0.1) is 19.3 Å². The summed E-state index contributed by atoms with van der Waals surface area (Å²) in [5.74, 6) is -1.07. The molecule has 0 spiro atoms. The summed E-state index contributed by atoms with van der Waals surface area (Å²) in [5, 5.41) is 11.9. The molecule has 0 aliphatic carbocycles. The van der Waals surface area contributed by atoms with Crippen LogP contribution in [0.15, 0.2) is 0 Å². The van der Waals surface area contributed by atoms with E-state index in [-0.39, 0.29) is 19.2 Å². The number of carboxylic acids is 1. The number of nitrogens with one attached hydrogen (secondary N) is 1. The first-order valence-electron chi connectivity index (χ1n) is 7.12. The van der Waals surface area contributed by atoms with Gasteiger partial charge in [0.25, 0.3) is 0 Å². The zero-order valence-corrected chi connectivity index (χ0v) is 13.4. The van der Waals surface area contributed by atoms with Crippen molar-refractivity contribution >= 4 is 22.8 Å². The fraction of sp³-hybridized carbons (Fsp3) is 0.846. The van der Waals surface area contributed by atoms with Crippen LogP contribution in [0.25, 0.3) is 0 Å². The summed E-state index contributed by atoms with van der Waals surface area (Å²) in [6, 6.07) is -0.705. The van der Waals surface area contributed by atoms with Crippen molar-refractivity contribution in [3.05, 3.63) is 0 Å². The molecule has 2 amide bonds. The molecule has 122 valence electrons. The normalized spacial score (nSPS) is 22.8. The first-order valence-corrected chi connectivity index (χ1v) is 8.85. The Morgan fingerprint density at radius 1 is 1.43 bits per heavy atom. The summed E-state index contributed by atoms with van der Waals surface area (Å²) < 4.78 is 16.2. The Morgan fingerprint density at radius 3 is 2.71 bits per heavy atom. The van der Waals surface area contributed by atoms with Gasteiger partial charge in [0.1, 0.15) is 5.92 Å². The molecule has 0 radical (unpaired) electrons. The molecular weight excluding hydrogens is 296 g/mol. The number of aliphatic carboxylic acids is 1. The smallest absolute Gasteiger partial charge is 0.317 e. The van der Waals surface area contributed by atoms with Crippen molar-refractivity contribution in [3.63, 3.8) is 0 Å². The highest BCUT2D eigenvalue weighted by molar-refractivity contribution is 7.84. The van der Waals surface area contributed by atoms with Gasteiger partial charge in [-0.2, -0.15) is 0 Å². The number of nitrogens with zero attached hydrogens (tertiary/aromatic N) is 1. The van der Waals surface area contributed by atoms with Crippen molar-refractivity contribution in [2.24, 2.45) is 5.92 Å². The fourth-order valence-electron chi connectivity index (χ4n) is 2.32. The molecule has 3 atom stereocenters. The van der Waals surface area contributed by atoms with Crippen LogP contribution in [0, 0.1) is 5.92 Å². The molecule has 3 unspecified atom stereocenters. The number of carboxylic acid groups (broad SMARTS) is 1. The second kappa shape index (κ2) is 8.99. The third kappa shape index (κ3) is 5.62. The van der Waals surface area contributed by atoms with Crippen LogP contribution >= 0.6 is 0 Å². The Hall–Kier alpha value is -1.15. The predicted molar refractivity (Wildman–Crippen MR) is 79.7 cm³/mol. The van der Waals surface area contributed by atoms with Crippen LogP contribution in [0.4, 0.5) is 4.79 Å². The van der Waals surface area contributed by atoms with E-state index in [1.165, 1.54) is 0 Å². The maximum atomic E-state index is 12.2. The van der Waals surface area contributed by atoms with Gasteiger partial charge in [0.2, 0.25) is 0 Å². The van der Waals surface area contributed by atoms with Crippen LogP contribution in [0.1, 0.15) is 19.8 Å². The van der Waals surface area contributed by atoms with E-state index in [0.717, 1.165) is 6.42 Å². The summed E-state index contributed by atoms with van der Waals surface area (Å²) >= 11 is 0. The van der Waals surface area contributed by atoms with E-state index in [1.54, 1.807) is 11.2 Å². The fourth-order valence-corrected chi connectivity index (χ4v) is 2.87. The molecule has 0 aromatic carbocycles. The molecule has 1 saturated heterocycles. The Balaban J connectivity index is 2.56. The molecule has 21 heavy (non-hydrogen) atoms. The average Bonchev–Trinajstić information content (AvgIpc) is 2.89. The number of amides is 2. The molecule has 0 aromatic rings. The molecule has 1 aliphatic rings. The van der Waals surface area contributed by atoms with Crippen LogP contribution < -0.4 is 5.32 Å². The topological polar surface area (TPSA) is 95.9 Å². The van der Waals surface area contributed by atoms with Crippen molar-refractivity contribution in [2.75, 3.05) is 38.3 Å². The Bertz CT molecular complexity index is 391. The maximum Gasteiger partial charge on any atom is 0.317 e. The molecule has 8 heteroatoms. The van der Waals surface area contributed by atoms with Crippen LogP contribution in [0.3, 0.4) is 0 Å². The Kier molecular flexibility index (Phi) is 7.66. The number of urea groups is 1. The highest BCUT2D eigenvalue weighted by atomic mass is 32.2. The van der Waals surface area contributed by atoms with Gasteiger partial charge in [-0.3, -0.25) is 9.00 Å². The van der Waals surface area contributed by atoms with Gasteiger partial charge in [-0.25, -0.2) is 4.79 Å². The lowest BCUT2D eigenvalue weighted by molar-refractivity contribution is -0.142. The maximum absolute atomic E-state index is 12.2. The first kappa shape index (κ1) is 17.9. The highest BCUT2D eigenvalue weighted by Crippen LogP contribution is 2.20. The zero-order valence-electron chi connectivity index (χ0n) is 12.5. The predicted octanol–water partition coefficient (Wildman–Crippen LogP) is 0.276. The molecule has 0 bridgehead atoms. The standard InChI is InChI=1S/C13H24N2O5S/c1-3-6-15(11-9-20-8-10(11)12(16)17)13(18)14-5-4-7-21(2)19/h10-11H,3-9H2,1-2H3,(H,14,18)(H,16,17). The van der Waals surface area contributed by atoms with E-state index in [4.69, 9.17) is 4.74 Å². The van der Waals surface area contributed by atoms with Crippen molar-refractivity contribution in [1.82, 2.24) is 10.2 Å². The van der Waals surface area contributed by atoms with E-state index < -0.39 is 28.7 Å². The lowest BCUT2D eigenvalue weighted by Gasteiger charge is -2.30. The van der Waals surface area contributed by atoms with Crippen LogP contribution in [-0.4, -0.2) is 70.6 Å². The van der Waals surface area contributed by atoms with Gasteiger partial charge < -0.3 is 20.1 Å².